The standard InChI is InChI=1S/C32H29FO6/c1-3-31(34)38-19-17-36-28-9-5-7-24(21-28)11-12-26-14-16-27(30(33)23-26)15-13-25-8-6-10-29(22-25)37-18-20-39-32(35)4-2/h3-16,21-23H,1-2,17-20H2. The van der Waals surface area contributed by atoms with Gasteiger partial charge in [-0.2, -0.15) is 0 Å². The van der Waals surface area contributed by atoms with Crippen molar-refractivity contribution in [2.45, 2.75) is 0 Å². The summed E-state index contributed by atoms with van der Waals surface area (Å²) >= 11 is 0. The van der Waals surface area contributed by atoms with Gasteiger partial charge in [0.05, 0.1) is 0 Å². The Bertz CT molecular complexity index is 1360. The largest absolute Gasteiger partial charge is 0.490 e. The molecule has 0 amide bonds. The second-order valence-electron chi connectivity index (χ2n) is 8.03. The van der Waals surface area contributed by atoms with Crippen molar-refractivity contribution in [2.75, 3.05) is 26.4 Å². The third-order valence-corrected chi connectivity index (χ3v) is 5.19. The van der Waals surface area contributed by atoms with Crippen LogP contribution in [0.25, 0.3) is 24.3 Å². The normalized spacial score (nSPS) is 10.8. The number of benzene rings is 3. The van der Waals surface area contributed by atoms with Crippen molar-refractivity contribution in [1.82, 2.24) is 0 Å². The maximum Gasteiger partial charge on any atom is 0.330 e. The summed E-state index contributed by atoms with van der Waals surface area (Å²) in [4.78, 5) is 22.1. The third-order valence-electron chi connectivity index (χ3n) is 5.19. The topological polar surface area (TPSA) is 71.1 Å². The van der Waals surface area contributed by atoms with Gasteiger partial charge < -0.3 is 18.9 Å². The van der Waals surface area contributed by atoms with Crippen LogP contribution < -0.4 is 9.47 Å². The zero-order valence-corrected chi connectivity index (χ0v) is 21.4. The van der Waals surface area contributed by atoms with E-state index in [9.17, 15) is 14.0 Å². The molecule has 0 unspecified atom stereocenters. The first kappa shape index (κ1) is 28.7. The minimum atomic E-state index is -0.500. The Morgan fingerprint density at radius 3 is 1.62 bits per heavy atom. The summed E-state index contributed by atoms with van der Waals surface area (Å²) in [6, 6.07) is 19.7. The van der Waals surface area contributed by atoms with E-state index < -0.39 is 11.9 Å². The molecule has 0 aliphatic rings. The van der Waals surface area contributed by atoms with Crippen LogP contribution in [-0.2, 0) is 19.1 Å². The van der Waals surface area contributed by atoms with Crippen molar-refractivity contribution in [3.05, 3.63) is 120 Å². The van der Waals surface area contributed by atoms with Gasteiger partial charge in [-0.3, -0.25) is 0 Å². The van der Waals surface area contributed by atoms with E-state index >= 15 is 0 Å². The Labute approximate surface area is 227 Å². The fourth-order valence-electron chi connectivity index (χ4n) is 3.30. The smallest absolute Gasteiger partial charge is 0.330 e. The van der Waals surface area contributed by atoms with Crippen LogP contribution in [-0.4, -0.2) is 38.4 Å². The van der Waals surface area contributed by atoms with Crippen molar-refractivity contribution in [3.8, 4) is 11.5 Å². The second-order valence-corrected chi connectivity index (χ2v) is 8.03. The van der Waals surface area contributed by atoms with E-state index in [-0.39, 0.29) is 32.2 Å². The van der Waals surface area contributed by atoms with Gasteiger partial charge in [-0.15, -0.1) is 0 Å². The van der Waals surface area contributed by atoms with E-state index in [1.807, 2.05) is 54.6 Å². The molecule has 0 aromatic heterocycles. The molecule has 6 nitrogen and oxygen atoms in total. The zero-order valence-electron chi connectivity index (χ0n) is 21.4. The molecule has 39 heavy (non-hydrogen) atoms. The highest BCUT2D eigenvalue weighted by Crippen LogP contribution is 2.20. The summed E-state index contributed by atoms with van der Waals surface area (Å²) in [7, 11) is 0. The van der Waals surface area contributed by atoms with E-state index in [1.54, 1.807) is 30.4 Å². The maximum absolute atomic E-state index is 14.8. The van der Waals surface area contributed by atoms with Gasteiger partial charge in [-0.1, -0.05) is 73.9 Å². The number of hydrogen-bond donors (Lipinski definition) is 0. The Balaban J connectivity index is 1.55. The molecule has 0 spiro atoms. The number of carbonyl (C=O) groups excluding carboxylic acids is 2. The molecule has 0 heterocycles. The average Bonchev–Trinajstić information content (AvgIpc) is 2.96. The molecule has 0 N–H and O–H groups in total. The molecular formula is C32H29FO6. The van der Waals surface area contributed by atoms with Gasteiger partial charge in [0.15, 0.2) is 0 Å². The second kappa shape index (κ2) is 15.4. The molecule has 0 aliphatic heterocycles. The van der Waals surface area contributed by atoms with Gasteiger partial charge >= 0.3 is 11.9 Å². The number of carbonyl (C=O) groups is 2. The fourth-order valence-corrected chi connectivity index (χ4v) is 3.30. The molecule has 3 aromatic carbocycles. The predicted molar refractivity (Wildman–Crippen MR) is 150 cm³/mol. The van der Waals surface area contributed by atoms with Gasteiger partial charge in [0.25, 0.3) is 0 Å². The summed E-state index contributed by atoms with van der Waals surface area (Å²) in [5, 5.41) is 0. The summed E-state index contributed by atoms with van der Waals surface area (Å²) < 4.78 is 35.7. The number of halogens is 1. The molecule has 3 rings (SSSR count). The summed E-state index contributed by atoms with van der Waals surface area (Å²) in [6.45, 7) is 7.34. The van der Waals surface area contributed by atoms with E-state index in [1.165, 1.54) is 6.07 Å². The van der Waals surface area contributed by atoms with Crippen molar-refractivity contribution >= 4 is 36.2 Å². The molecular weight excluding hydrogens is 499 g/mol. The summed E-state index contributed by atoms with van der Waals surface area (Å²) in [5.41, 5.74) is 2.86. The quantitative estimate of drug-likeness (QED) is 0.105. The Hall–Kier alpha value is -4.91. The van der Waals surface area contributed by atoms with Gasteiger partial charge in [-0.25, -0.2) is 14.0 Å². The van der Waals surface area contributed by atoms with Gasteiger partial charge in [-0.05, 0) is 47.0 Å². The average molecular weight is 529 g/mol. The molecule has 200 valence electrons. The first-order valence-electron chi connectivity index (χ1n) is 12.2. The molecule has 0 fully saturated rings. The maximum atomic E-state index is 14.8. The summed E-state index contributed by atoms with van der Waals surface area (Å²) in [5.74, 6) is -0.108. The first-order chi connectivity index (χ1) is 19.0. The SMILES string of the molecule is C=CC(=O)OCCOc1cccc(C=Cc2ccc(C=Cc3cccc(OCCOC(=O)C=C)c3)c(F)c2)c1. The Morgan fingerprint density at radius 1 is 0.641 bits per heavy atom. The minimum Gasteiger partial charge on any atom is -0.490 e. The van der Waals surface area contributed by atoms with Gasteiger partial charge in [0.2, 0.25) is 0 Å². The van der Waals surface area contributed by atoms with Crippen molar-refractivity contribution in [2.24, 2.45) is 0 Å². The van der Waals surface area contributed by atoms with Gasteiger partial charge in [0, 0.05) is 17.7 Å². The first-order valence-corrected chi connectivity index (χ1v) is 12.2. The number of rotatable bonds is 14. The Kier molecular flexibility index (Phi) is 11.3. The van der Waals surface area contributed by atoms with Crippen molar-refractivity contribution in [1.29, 1.82) is 0 Å². The summed E-state index contributed by atoms with van der Waals surface area (Å²) in [6.07, 6.45) is 9.36. The lowest BCUT2D eigenvalue weighted by Gasteiger charge is -2.07. The molecule has 0 saturated heterocycles. The van der Waals surface area contributed by atoms with E-state index in [2.05, 4.69) is 13.2 Å². The molecule has 0 atom stereocenters. The highest BCUT2D eigenvalue weighted by atomic mass is 19.1. The van der Waals surface area contributed by atoms with Crippen LogP contribution in [0, 0.1) is 5.82 Å². The molecule has 0 aliphatic carbocycles. The molecule has 0 saturated carbocycles. The number of esters is 2. The van der Waals surface area contributed by atoms with E-state index in [0.29, 0.717) is 22.6 Å². The minimum absolute atomic E-state index is 0.116. The lowest BCUT2D eigenvalue weighted by Crippen LogP contribution is -2.10. The van der Waals surface area contributed by atoms with E-state index in [0.717, 1.165) is 23.3 Å². The van der Waals surface area contributed by atoms with Crippen LogP contribution in [0.5, 0.6) is 11.5 Å². The fraction of sp³-hybridized carbons (Fsp3) is 0.125. The highest BCUT2D eigenvalue weighted by molar-refractivity contribution is 5.81. The van der Waals surface area contributed by atoms with Crippen LogP contribution in [0.15, 0.2) is 92.0 Å². The molecule has 3 aromatic rings. The third kappa shape index (κ3) is 10.2. The lowest BCUT2D eigenvalue weighted by molar-refractivity contribution is -0.139. The Morgan fingerprint density at radius 2 is 1.13 bits per heavy atom. The molecule has 0 bridgehead atoms. The van der Waals surface area contributed by atoms with Crippen LogP contribution in [0.1, 0.15) is 22.3 Å². The van der Waals surface area contributed by atoms with Crippen LogP contribution in [0.4, 0.5) is 4.39 Å². The van der Waals surface area contributed by atoms with Crippen LogP contribution >= 0.6 is 0 Å². The van der Waals surface area contributed by atoms with Crippen molar-refractivity contribution in [3.63, 3.8) is 0 Å². The number of hydrogen-bond acceptors (Lipinski definition) is 6. The lowest BCUT2D eigenvalue weighted by atomic mass is 10.1. The number of ether oxygens (including phenoxy) is 4. The predicted octanol–water partition coefficient (Wildman–Crippen LogP) is 6.38. The van der Waals surface area contributed by atoms with Crippen LogP contribution in [0.2, 0.25) is 0 Å². The highest BCUT2D eigenvalue weighted by Gasteiger charge is 2.02. The van der Waals surface area contributed by atoms with Crippen LogP contribution in [0.3, 0.4) is 0 Å². The monoisotopic (exact) mass is 528 g/mol. The molecule has 7 heteroatoms. The van der Waals surface area contributed by atoms with E-state index in [4.69, 9.17) is 18.9 Å². The zero-order chi connectivity index (χ0) is 27.9. The van der Waals surface area contributed by atoms with Gasteiger partial charge in [0.1, 0.15) is 43.7 Å². The molecule has 0 radical (unpaired) electrons. The van der Waals surface area contributed by atoms with Crippen molar-refractivity contribution < 1.29 is 32.9 Å².